The Bertz CT molecular complexity index is 1140. The first kappa shape index (κ1) is 19.3. The van der Waals surface area contributed by atoms with Crippen LogP contribution in [0.2, 0.25) is 0 Å². The molecule has 0 saturated carbocycles. The number of methoxy groups -OCH3 is 1. The molecule has 150 valence electrons. The quantitative estimate of drug-likeness (QED) is 0.528. The number of carbonyl (C=O) groups is 1. The molecule has 8 heteroatoms. The molecule has 0 bridgehead atoms. The second-order valence-electron chi connectivity index (χ2n) is 6.43. The number of halogens is 1. The largest absolute Gasteiger partial charge is 0.497 e. The molecule has 7 nitrogen and oxygen atoms in total. The summed E-state index contributed by atoms with van der Waals surface area (Å²) in [5.74, 6) is 0.638. The Morgan fingerprint density at radius 2 is 1.87 bits per heavy atom. The molecule has 0 amide bonds. The summed E-state index contributed by atoms with van der Waals surface area (Å²) in [6, 6.07) is 16.4. The maximum atomic E-state index is 13.1. The van der Waals surface area contributed by atoms with Crippen LogP contribution in [0.1, 0.15) is 15.9 Å². The molecule has 30 heavy (non-hydrogen) atoms. The maximum Gasteiger partial charge on any atom is 0.281 e. The molecule has 4 rings (SSSR count). The molecule has 0 aliphatic rings. The van der Waals surface area contributed by atoms with Crippen LogP contribution >= 0.6 is 0 Å². The first-order valence-corrected chi connectivity index (χ1v) is 9.18. The second kappa shape index (κ2) is 8.52. The number of nitrogens with one attached hydrogen (secondary N) is 1. The lowest BCUT2D eigenvalue weighted by atomic mass is 10.2. The highest BCUT2D eigenvalue weighted by atomic mass is 19.1. The van der Waals surface area contributed by atoms with Crippen molar-refractivity contribution in [3.05, 3.63) is 90.0 Å². The van der Waals surface area contributed by atoms with Crippen molar-refractivity contribution in [3.63, 3.8) is 0 Å². The summed E-state index contributed by atoms with van der Waals surface area (Å²) < 4.78 is 19.5. The van der Waals surface area contributed by atoms with E-state index in [-0.39, 0.29) is 17.7 Å². The van der Waals surface area contributed by atoms with Crippen molar-refractivity contribution in [1.82, 2.24) is 19.7 Å². The normalized spacial score (nSPS) is 10.6. The first-order valence-electron chi connectivity index (χ1n) is 9.18. The number of ether oxygens (including phenoxy) is 1. The highest BCUT2D eigenvalue weighted by Crippen LogP contribution is 2.20. The van der Waals surface area contributed by atoms with Crippen molar-refractivity contribution in [3.8, 4) is 17.1 Å². The fourth-order valence-electron chi connectivity index (χ4n) is 2.82. The van der Waals surface area contributed by atoms with E-state index in [1.807, 2.05) is 6.07 Å². The van der Waals surface area contributed by atoms with Gasteiger partial charge in [0.05, 0.1) is 7.11 Å². The van der Waals surface area contributed by atoms with Gasteiger partial charge in [-0.1, -0.05) is 12.1 Å². The van der Waals surface area contributed by atoms with Crippen LogP contribution in [0.3, 0.4) is 0 Å². The van der Waals surface area contributed by atoms with Gasteiger partial charge in [-0.2, -0.15) is 9.67 Å². The average molecular weight is 403 g/mol. The van der Waals surface area contributed by atoms with Gasteiger partial charge in [0.15, 0.2) is 5.82 Å². The smallest absolute Gasteiger partial charge is 0.281 e. The van der Waals surface area contributed by atoms with E-state index in [2.05, 4.69) is 20.4 Å². The zero-order valence-corrected chi connectivity index (χ0v) is 16.1. The Hall–Kier alpha value is -4.07. The molecule has 2 aromatic heterocycles. The molecule has 0 aliphatic heterocycles. The summed E-state index contributed by atoms with van der Waals surface area (Å²) in [6.45, 7) is 0.349. The predicted octanol–water partition coefficient (Wildman–Crippen LogP) is 3.79. The molecular weight excluding hydrogens is 385 g/mol. The van der Waals surface area contributed by atoms with Gasteiger partial charge in [0.2, 0.25) is 5.95 Å². The second-order valence-corrected chi connectivity index (χ2v) is 6.43. The van der Waals surface area contributed by atoms with Gasteiger partial charge < -0.3 is 10.1 Å². The van der Waals surface area contributed by atoms with Crippen LogP contribution in [0.5, 0.6) is 5.75 Å². The molecule has 0 spiro atoms. The zero-order valence-electron chi connectivity index (χ0n) is 16.1. The molecule has 0 fully saturated rings. The molecule has 0 aliphatic carbocycles. The summed E-state index contributed by atoms with van der Waals surface area (Å²) in [6.07, 6.45) is 3.28. The van der Waals surface area contributed by atoms with Crippen LogP contribution < -0.4 is 10.1 Å². The standard InChI is InChI=1S/C22H18FN5O2/c1-30-19-10-6-16(7-11-19)21(29)28-22(25-13-15-4-8-18(23)9-5-15)26-20(27-28)17-3-2-12-24-14-17/h2-12,14H,13H2,1H3,(H,25,26,27). The fourth-order valence-corrected chi connectivity index (χ4v) is 2.82. The van der Waals surface area contributed by atoms with Crippen LogP contribution in [-0.4, -0.2) is 32.8 Å². The summed E-state index contributed by atoms with van der Waals surface area (Å²) in [4.78, 5) is 21.6. The van der Waals surface area contributed by atoms with Crippen LogP contribution in [-0.2, 0) is 6.54 Å². The predicted molar refractivity (Wildman–Crippen MR) is 110 cm³/mol. The van der Waals surface area contributed by atoms with Crippen LogP contribution in [0.4, 0.5) is 10.3 Å². The average Bonchev–Trinajstić information content (AvgIpc) is 3.23. The number of nitrogens with zero attached hydrogens (tertiary/aromatic N) is 4. The molecule has 0 atom stereocenters. The van der Waals surface area contributed by atoms with E-state index in [1.165, 1.54) is 16.8 Å². The van der Waals surface area contributed by atoms with Gasteiger partial charge in [-0.05, 0) is 54.1 Å². The third-order valence-electron chi connectivity index (χ3n) is 4.42. The van der Waals surface area contributed by atoms with Gasteiger partial charge in [-0.15, -0.1) is 5.10 Å². The van der Waals surface area contributed by atoms with Crippen molar-refractivity contribution in [1.29, 1.82) is 0 Å². The number of rotatable bonds is 6. The Morgan fingerprint density at radius 1 is 1.10 bits per heavy atom. The number of benzene rings is 2. The molecular formula is C22H18FN5O2. The van der Waals surface area contributed by atoms with Gasteiger partial charge in [0.1, 0.15) is 11.6 Å². The summed E-state index contributed by atoms with van der Waals surface area (Å²) >= 11 is 0. The van der Waals surface area contributed by atoms with E-state index in [0.29, 0.717) is 29.2 Å². The number of aromatic nitrogens is 4. The number of hydrogen-bond acceptors (Lipinski definition) is 6. The van der Waals surface area contributed by atoms with Crippen molar-refractivity contribution in [2.45, 2.75) is 6.54 Å². The van der Waals surface area contributed by atoms with Gasteiger partial charge in [0.25, 0.3) is 5.91 Å². The van der Waals surface area contributed by atoms with E-state index in [1.54, 1.807) is 62.0 Å². The van der Waals surface area contributed by atoms with E-state index in [0.717, 1.165) is 5.56 Å². The minimum Gasteiger partial charge on any atom is -0.497 e. The number of hydrogen-bond donors (Lipinski definition) is 1. The van der Waals surface area contributed by atoms with E-state index >= 15 is 0 Å². The Morgan fingerprint density at radius 3 is 2.53 bits per heavy atom. The van der Waals surface area contributed by atoms with Gasteiger partial charge in [-0.3, -0.25) is 9.78 Å². The highest BCUT2D eigenvalue weighted by Gasteiger charge is 2.19. The fraction of sp³-hybridized carbons (Fsp3) is 0.0909. The summed E-state index contributed by atoms with van der Waals surface area (Å²) in [5, 5.41) is 7.50. The van der Waals surface area contributed by atoms with E-state index in [4.69, 9.17) is 4.74 Å². The number of anilines is 1. The number of carbonyl (C=O) groups excluding carboxylic acids is 1. The lowest BCUT2D eigenvalue weighted by Gasteiger charge is -2.08. The highest BCUT2D eigenvalue weighted by molar-refractivity contribution is 5.97. The molecule has 0 radical (unpaired) electrons. The van der Waals surface area contributed by atoms with Crippen molar-refractivity contribution < 1.29 is 13.9 Å². The molecule has 1 N–H and O–H groups in total. The zero-order chi connectivity index (χ0) is 20.9. The van der Waals surface area contributed by atoms with E-state index < -0.39 is 0 Å². The third kappa shape index (κ3) is 4.17. The topological polar surface area (TPSA) is 81.9 Å². The summed E-state index contributed by atoms with van der Waals surface area (Å²) in [5.41, 5.74) is 1.96. The lowest BCUT2D eigenvalue weighted by Crippen LogP contribution is -2.17. The van der Waals surface area contributed by atoms with Gasteiger partial charge in [-0.25, -0.2) is 4.39 Å². The Kier molecular flexibility index (Phi) is 5.47. The first-order chi connectivity index (χ1) is 14.6. The van der Waals surface area contributed by atoms with Crippen LogP contribution in [0.15, 0.2) is 73.1 Å². The van der Waals surface area contributed by atoms with Crippen LogP contribution in [0, 0.1) is 5.82 Å². The van der Waals surface area contributed by atoms with Gasteiger partial charge >= 0.3 is 0 Å². The minimum atomic E-state index is -0.345. The molecule has 2 heterocycles. The van der Waals surface area contributed by atoms with Crippen molar-refractivity contribution in [2.24, 2.45) is 0 Å². The summed E-state index contributed by atoms with van der Waals surface area (Å²) in [7, 11) is 1.56. The van der Waals surface area contributed by atoms with Crippen molar-refractivity contribution >= 4 is 11.9 Å². The lowest BCUT2D eigenvalue weighted by molar-refractivity contribution is 0.0947. The molecule has 0 saturated heterocycles. The van der Waals surface area contributed by atoms with Gasteiger partial charge in [0, 0.05) is 30.1 Å². The SMILES string of the molecule is COc1ccc(C(=O)n2nc(-c3cccnc3)nc2NCc2ccc(F)cc2)cc1. The molecule has 4 aromatic rings. The monoisotopic (exact) mass is 403 g/mol. The van der Waals surface area contributed by atoms with E-state index in [9.17, 15) is 9.18 Å². The van der Waals surface area contributed by atoms with Crippen LogP contribution in [0.25, 0.3) is 11.4 Å². The van der Waals surface area contributed by atoms with Crippen molar-refractivity contribution in [2.75, 3.05) is 12.4 Å². The third-order valence-corrected chi connectivity index (χ3v) is 4.42. The molecule has 0 unspecified atom stereocenters. The Balaban J connectivity index is 1.66. The minimum absolute atomic E-state index is 0.277. The Labute approximate surface area is 172 Å². The molecule has 2 aromatic carbocycles. The number of pyridine rings is 1. The maximum absolute atomic E-state index is 13.1.